The summed E-state index contributed by atoms with van der Waals surface area (Å²) < 4.78 is 5.19. The smallest absolute Gasteiger partial charge is 0.193 e. The van der Waals surface area contributed by atoms with Crippen LogP contribution in [0.5, 0.6) is 5.75 Å². The average molecular weight is 433 g/mol. The van der Waals surface area contributed by atoms with E-state index in [1.54, 1.807) is 7.11 Å². The number of nitrogens with zero attached hydrogens (tertiary/aromatic N) is 3. The van der Waals surface area contributed by atoms with Gasteiger partial charge in [0.25, 0.3) is 0 Å². The quantitative estimate of drug-likeness (QED) is 0.420. The minimum Gasteiger partial charge on any atom is -0.497 e. The number of nitrogens with one attached hydrogen (secondary N) is 1. The molecule has 0 amide bonds. The molecule has 1 aromatic rings. The highest BCUT2D eigenvalue weighted by Crippen LogP contribution is 2.16. The Hall–Kier alpha value is -1.06. The summed E-state index contributed by atoms with van der Waals surface area (Å²) in [6.07, 6.45) is 1.22. The van der Waals surface area contributed by atoms with Crippen LogP contribution in [0.25, 0.3) is 0 Å². The van der Waals surface area contributed by atoms with Crippen molar-refractivity contribution in [1.29, 1.82) is 0 Å². The Morgan fingerprint density at radius 1 is 1.30 bits per heavy atom. The summed E-state index contributed by atoms with van der Waals surface area (Å²) in [4.78, 5) is 9.23. The molecule has 1 heterocycles. The van der Waals surface area contributed by atoms with Crippen molar-refractivity contribution in [3.8, 4) is 5.75 Å². The molecule has 130 valence electrons. The van der Waals surface area contributed by atoms with Crippen molar-refractivity contribution in [2.24, 2.45) is 10.7 Å². The van der Waals surface area contributed by atoms with E-state index in [1.807, 2.05) is 24.3 Å². The van der Waals surface area contributed by atoms with E-state index in [-0.39, 0.29) is 24.0 Å². The fourth-order valence-corrected chi connectivity index (χ4v) is 2.52. The maximum Gasteiger partial charge on any atom is 0.193 e. The molecule has 1 fully saturated rings. The van der Waals surface area contributed by atoms with E-state index in [0.29, 0.717) is 12.5 Å². The zero-order valence-electron chi connectivity index (χ0n) is 14.0. The van der Waals surface area contributed by atoms with Crippen molar-refractivity contribution in [1.82, 2.24) is 9.80 Å². The molecule has 0 unspecified atom stereocenters. The van der Waals surface area contributed by atoms with E-state index in [9.17, 15) is 0 Å². The molecule has 0 aliphatic carbocycles. The van der Waals surface area contributed by atoms with Gasteiger partial charge in [-0.05, 0) is 38.7 Å². The third kappa shape index (κ3) is 7.36. The van der Waals surface area contributed by atoms with E-state index in [4.69, 9.17) is 10.5 Å². The van der Waals surface area contributed by atoms with Gasteiger partial charge in [0.05, 0.1) is 13.7 Å². The van der Waals surface area contributed by atoms with Gasteiger partial charge in [0.15, 0.2) is 5.96 Å². The molecule has 0 aromatic heterocycles. The van der Waals surface area contributed by atoms with Crippen LogP contribution in [0.1, 0.15) is 6.42 Å². The number of benzene rings is 1. The van der Waals surface area contributed by atoms with Gasteiger partial charge >= 0.3 is 0 Å². The minimum atomic E-state index is 0. The number of guanidine groups is 1. The number of anilines is 1. The van der Waals surface area contributed by atoms with E-state index in [2.05, 4.69) is 27.2 Å². The maximum atomic E-state index is 5.94. The van der Waals surface area contributed by atoms with Gasteiger partial charge in [-0.1, -0.05) is 6.07 Å². The molecule has 0 spiro atoms. The molecule has 0 bridgehead atoms. The predicted molar refractivity (Wildman–Crippen MR) is 107 cm³/mol. The normalized spacial score (nSPS) is 17.2. The van der Waals surface area contributed by atoms with Crippen molar-refractivity contribution in [2.75, 3.05) is 58.7 Å². The molecule has 2 rings (SSSR count). The number of halogens is 1. The lowest BCUT2D eigenvalue weighted by Gasteiger charge is -2.18. The van der Waals surface area contributed by atoms with E-state index in [0.717, 1.165) is 37.6 Å². The van der Waals surface area contributed by atoms with Crippen molar-refractivity contribution in [3.63, 3.8) is 0 Å². The Morgan fingerprint density at radius 2 is 2.13 bits per heavy atom. The molecule has 1 aromatic carbocycles. The Morgan fingerprint density at radius 3 is 2.91 bits per heavy atom. The Balaban J connectivity index is 0.00000264. The highest BCUT2D eigenvalue weighted by atomic mass is 127. The van der Waals surface area contributed by atoms with Crippen molar-refractivity contribution in [2.45, 2.75) is 6.42 Å². The number of hydrogen-bond donors (Lipinski definition) is 2. The van der Waals surface area contributed by atoms with Crippen LogP contribution in [0.4, 0.5) is 5.69 Å². The summed E-state index contributed by atoms with van der Waals surface area (Å²) in [6, 6.07) is 7.65. The molecule has 0 atom stereocenters. The van der Waals surface area contributed by atoms with Gasteiger partial charge < -0.3 is 25.6 Å². The first-order valence-electron chi connectivity index (χ1n) is 7.79. The Labute approximate surface area is 156 Å². The standard InChI is InChI=1S/C16H27N5O.HI/c1-20-8-4-9-21(12-11-20)10-7-18-16(17)19-14-5-3-6-15(13-14)22-2;/h3,5-6,13H,4,7-12H2,1-2H3,(H3,17,18,19);1H. The second-order valence-electron chi connectivity index (χ2n) is 5.62. The molecular weight excluding hydrogens is 405 g/mol. The fourth-order valence-electron chi connectivity index (χ4n) is 2.52. The molecule has 1 aliphatic rings. The molecule has 3 N–H and O–H groups in total. The van der Waals surface area contributed by atoms with E-state index in [1.165, 1.54) is 13.0 Å². The maximum absolute atomic E-state index is 5.94. The van der Waals surface area contributed by atoms with Gasteiger partial charge in [-0.2, -0.15) is 0 Å². The second kappa shape index (κ2) is 10.7. The average Bonchev–Trinajstić information content (AvgIpc) is 2.72. The third-order valence-corrected chi connectivity index (χ3v) is 3.85. The zero-order chi connectivity index (χ0) is 15.8. The molecule has 23 heavy (non-hydrogen) atoms. The topological polar surface area (TPSA) is 66.1 Å². The highest BCUT2D eigenvalue weighted by molar-refractivity contribution is 14.0. The lowest BCUT2D eigenvalue weighted by atomic mass is 10.3. The summed E-state index contributed by atoms with van der Waals surface area (Å²) in [5.74, 6) is 1.24. The molecule has 0 saturated carbocycles. The summed E-state index contributed by atoms with van der Waals surface area (Å²) in [5.41, 5.74) is 6.82. The van der Waals surface area contributed by atoms with Crippen LogP contribution in [0.15, 0.2) is 29.3 Å². The zero-order valence-corrected chi connectivity index (χ0v) is 16.3. The SMILES string of the molecule is COc1cccc(NC(N)=NCCN2CCCN(C)CC2)c1.I. The van der Waals surface area contributed by atoms with Crippen molar-refractivity contribution >= 4 is 35.6 Å². The lowest BCUT2D eigenvalue weighted by Crippen LogP contribution is -2.32. The molecule has 1 aliphatic heterocycles. The number of hydrogen-bond acceptors (Lipinski definition) is 4. The third-order valence-electron chi connectivity index (χ3n) is 3.85. The number of rotatable bonds is 5. The second-order valence-corrected chi connectivity index (χ2v) is 5.62. The van der Waals surface area contributed by atoms with Gasteiger partial charge in [0, 0.05) is 31.4 Å². The number of likely N-dealkylation sites (N-methyl/N-ethyl adjacent to an activating group) is 1. The van der Waals surface area contributed by atoms with Gasteiger partial charge in [0.1, 0.15) is 5.75 Å². The molecule has 7 heteroatoms. The van der Waals surface area contributed by atoms with Crippen LogP contribution in [0.3, 0.4) is 0 Å². The molecular formula is C16H28IN5O. The Kier molecular flexibility index (Phi) is 9.27. The van der Waals surface area contributed by atoms with Crippen LogP contribution in [-0.4, -0.2) is 69.2 Å². The largest absolute Gasteiger partial charge is 0.497 e. The summed E-state index contributed by atoms with van der Waals surface area (Å²) in [6.45, 7) is 6.22. The van der Waals surface area contributed by atoms with Crippen LogP contribution < -0.4 is 15.8 Å². The van der Waals surface area contributed by atoms with E-state index >= 15 is 0 Å². The first-order valence-corrected chi connectivity index (χ1v) is 7.79. The number of aliphatic imine (C=N–C) groups is 1. The van der Waals surface area contributed by atoms with Crippen LogP contribution in [-0.2, 0) is 0 Å². The van der Waals surface area contributed by atoms with Crippen molar-refractivity contribution < 1.29 is 4.74 Å². The van der Waals surface area contributed by atoms with Gasteiger partial charge in [-0.15, -0.1) is 24.0 Å². The van der Waals surface area contributed by atoms with Crippen LogP contribution in [0.2, 0.25) is 0 Å². The van der Waals surface area contributed by atoms with Gasteiger partial charge in [-0.25, -0.2) is 0 Å². The summed E-state index contributed by atoms with van der Waals surface area (Å²) in [7, 11) is 3.83. The first kappa shape index (κ1) is 20.0. The van der Waals surface area contributed by atoms with Crippen LogP contribution >= 0.6 is 24.0 Å². The first-order chi connectivity index (χ1) is 10.7. The van der Waals surface area contributed by atoms with Gasteiger partial charge in [0.2, 0.25) is 0 Å². The predicted octanol–water partition coefficient (Wildman–Crippen LogP) is 1.68. The lowest BCUT2D eigenvalue weighted by molar-refractivity contribution is 0.283. The number of methoxy groups -OCH3 is 1. The minimum absolute atomic E-state index is 0. The summed E-state index contributed by atoms with van der Waals surface area (Å²) in [5, 5.41) is 3.09. The molecule has 0 radical (unpaired) electrons. The molecule has 6 nitrogen and oxygen atoms in total. The molecule has 1 saturated heterocycles. The van der Waals surface area contributed by atoms with Gasteiger partial charge in [-0.3, -0.25) is 4.99 Å². The van der Waals surface area contributed by atoms with E-state index < -0.39 is 0 Å². The van der Waals surface area contributed by atoms with Crippen LogP contribution in [0, 0.1) is 0 Å². The Bertz CT molecular complexity index is 497. The fraction of sp³-hybridized carbons (Fsp3) is 0.562. The number of ether oxygens (including phenoxy) is 1. The van der Waals surface area contributed by atoms with Crippen molar-refractivity contribution in [3.05, 3.63) is 24.3 Å². The monoisotopic (exact) mass is 433 g/mol. The number of nitrogens with two attached hydrogens (primary N) is 1. The summed E-state index contributed by atoms with van der Waals surface area (Å²) >= 11 is 0. The highest BCUT2D eigenvalue weighted by Gasteiger charge is 2.11.